The number of amides is 1. The molecule has 4 rings (SSSR count). The Kier molecular flexibility index (Phi) is 12.3. The molecule has 1 unspecified atom stereocenters. The van der Waals surface area contributed by atoms with E-state index in [2.05, 4.69) is 91.2 Å². The first-order valence-electron chi connectivity index (χ1n) is 16.1. The molecule has 234 valence electrons. The van der Waals surface area contributed by atoms with Gasteiger partial charge in [-0.05, 0) is 111 Å². The summed E-state index contributed by atoms with van der Waals surface area (Å²) in [5.74, 6) is 0.106. The van der Waals surface area contributed by atoms with Gasteiger partial charge in [0.15, 0.2) is 0 Å². The molecule has 0 aromatic heterocycles. The van der Waals surface area contributed by atoms with Crippen LogP contribution in [0.15, 0.2) is 79.2 Å². The molecule has 2 N–H and O–H groups in total. The minimum Gasteiger partial charge on any atom is -0.368 e. The molecule has 1 aliphatic carbocycles. The van der Waals surface area contributed by atoms with E-state index in [1.165, 1.54) is 28.0 Å². The van der Waals surface area contributed by atoms with Crippen LogP contribution >= 0.6 is 0 Å². The van der Waals surface area contributed by atoms with Crippen LogP contribution in [0.5, 0.6) is 0 Å². The molecule has 0 radical (unpaired) electrons. The number of aryl methyl sites for hydroxylation is 1. The SMILES string of the molecule is C=CCCC(C(N)=O)N(C)Cc1cc(C2CCN(Cc3ccc(/C=C\N(C)C4=CCCC=C4)c(CC)c3)CC2)ccc1C=O. The summed E-state index contributed by atoms with van der Waals surface area (Å²) in [6.07, 6.45) is 20.6. The van der Waals surface area contributed by atoms with E-state index in [0.717, 1.165) is 63.6 Å². The summed E-state index contributed by atoms with van der Waals surface area (Å²) in [5, 5.41) is 0. The first kappa shape index (κ1) is 33.2. The molecule has 6 nitrogen and oxygen atoms in total. The Balaban J connectivity index is 1.36. The average molecular weight is 595 g/mol. The van der Waals surface area contributed by atoms with Gasteiger partial charge in [0.1, 0.15) is 6.29 Å². The standard InChI is InChI=1S/C38H50N4O2/c1-5-7-13-37(38(39)44)41(4)27-35-25-33(16-17-34(35)28-43)32-19-22-42(23-20-32)26-29-14-15-31(30(6-2)24-29)18-21-40(3)36-11-9-8-10-12-36/h5,9,11-12,14-18,21,24-25,28,32,37H,1,6-8,10,13,19-20,22-23,26-27H2,2-4H3,(H2,39,44)/b21-18-. The Bertz CT molecular complexity index is 1380. The summed E-state index contributed by atoms with van der Waals surface area (Å²) in [7, 11) is 4.01. The molecule has 1 heterocycles. The van der Waals surface area contributed by atoms with Crippen LogP contribution in [0.25, 0.3) is 6.08 Å². The van der Waals surface area contributed by atoms with Gasteiger partial charge in [-0.25, -0.2) is 0 Å². The van der Waals surface area contributed by atoms with Crippen LogP contribution in [-0.2, 0) is 24.3 Å². The third-order valence-electron chi connectivity index (χ3n) is 9.13. The van der Waals surface area contributed by atoms with Crippen LogP contribution in [0.1, 0.15) is 89.5 Å². The van der Waals surface area contributed by atoms with Gasteiger partial charge >= 0.3 is 0 Å². The number of hydrogen-bond acceptors (Lipinski definition) is 5. The molecule has 2 aliphatic rings. The maximum Gasteiger partial charge on any atom is 0.234 e. The Morgan fingerprint density at radius 3 is 2.52 bits per heavy atom. The Morgan fingerprint density at radius 1 is 1.09 bits per heavy atom. The highest BCUT2D eigenvalue weighted by Gasteiger charge is 2.24. The second-order valence-corrected chi connectivity index (χ2v) is 12.2. The first-order valence-corrected chi connectivity index (χ1v) is 16.1. The van der Waals surface area contributed by atoms with Crippen molar-refractivity contribution in [2.45, 2.75) is 76.9 Å². The van der Waals surface area contributed by atoms with E-state index in [-0.39, 0.29) is 5.91 Å². The zero-order valence-electron chi connectivity index (χ0n) is 26.9. The van der Waals surface area contributed by atoms with Crippen molar-refractivity contribution in [3.05, 3.63) is 113 Å². The molecule has 0 saturated carbocycles. The van der Waals surface area contributed by atoms with E-state index in [9.17, 15) is 9.59 Å². The lowest BCUT2D eigenvalue weighted by Gasteiger charge is -2.33. The number of carbonyl (C=O) groups is 2. The molecule has 2 aromatic carbocycles. The van der Waals surface area contributed by atoms with Crippen LogP contribution in [0.4, 0.5) is 0 Å². The van der Waals surface area contributed by atoms with Crippen molar-refractivity contribution < 1.29 is 9.59 Å². The predicted octanol–water partition coefficient (Wildman–Crippen LogP) is 6.83. The Labute approximate surface area is 264 Å². The van der Waals surface area contributed by atoms with E-state index in [1.54, 1.807) is 6.08 Å². The number of rotatable bonds is 15. The fourth-order valence-electron chi connectivity index (χ4n) is 6.41. The molecule has 1 amide bonds. The number of primary amides is 1. The van der Waals surface area contributed by atoms with Crippen molar-refractivity contribution in [3.8, 4) is 0 Å². The highest BCUT2D eigenvalue weighted by atomic mass is 16.1. The van der Waals surface area contributed by atoms with Crippen molar-refractivity contribution in [2.24, 2.45) is 5.73 Å². The van der Waals surface area contributed by atoms with E-state index in [1.807, 2.05) is 18.0 Å². The zero-order chi connectivity index (χ0) is 31.5. The number of nitrogens with two attached hydrogens (primary N) is 1. The highest BCUT2D eigenvalue weighted by molar-refractivity contribution is 5.80. The first-order chi connectivity index (χ1) is 21.3. The minimum atomic E-state index is -0.393. The summed E-state index contributed by atoms with van der Waals surface area (Å²) < 4.78 is 0. The minimum absolute atomic E-state index is 0.347. The highest BCUT2D eigenvalue weighted by Crippen LogP contribution is 2.31. The van der Waals surface area contributed by atoms with Gasteiger partial charge in [0.05, 0.1) is 6.04 Å². The third kappa shape index (κ3) is 8.90. The number of allylic oxidation sites excluding steroid dienone is 4. The number of likely N-dealkylation sites (tertiary alicyclic amines) is 1. The lowest BCUT2D eigenvalue weighted by atomic mass is 9.87. The molecule has 1 aliphatic heterocycles. The summed E-state index contributed by atoms with van der Waals surface area (Å²) in [6, 6.07) is 12.7. The van der Waals surface area contributed by atoms with E-state index in [4.69, 9.17) is 5.73 Å². The number of benzene rings is 2. The monoisotopic (exact) mass is 594 g/mol. The van der Waals surface area contributed by atoms with Crippen molar-refractivity contribution in [1.29, 1.82) is 0 Å². The van der Waals surface area contributed by atoms with Crippen molar-refractivity contribution in [1.82, 2.24) is 14.7 Å². The molecule has 2 aromatic rings. The molecule has 1 atom stereocenters. The summed E-state index contributed by atoms with van der Waals surface area (Å²) in [4.78, 5) is 30.6. The van der Waals surface area contributed by atoms with Crippen molar-refractivity contribution in [3.63, 3.8) is 0 Å². The second kappa shape index (κ2) is 16.4. The molecule has 0 spiro atoms. The van der Waals surface area contributed by atoms with Crippen LogP contribution < -0.4 is 5.73 Å². The van der Waals surface area contributed by atoms with Crippen LogP contribution in [0.2, 0.25) is 0 Å². The average Bonchev–Trinajstić information content (AvgIpc) is 3.04. The number of aldehydes is 1. The van der Waals surface area contributed by atoms with Gasteiger partial charge < -0.3 is 10.6 Å². The quantitative estimate of drug-likeness (QED) is 0.181. The van der Waals surface area contributed by atoms with Gasteiger partial charge in [-0.3, -0.25) is 19.4 Å². The summed E-state index contributed by atoms with van der Waals surface area (Å²) in [6.45, 7) is 9.53. The van der Waals surface area contributed by atoms with Gasteiger partial charge in [-0.15, -0.1) is 6.58 Å². The molecule has 44 heavy (non-hydrogen) atoms. The van der Waals surface area contributed by atoms with E-state index in [0.29, 0.717) is 30.9 Å². The predicted molar refractivity (Wildman–Crippen MR) is 182 cm³/mol. The number of piperidine rings is 1. The molecule has 1 saturated heterocycles. The lowest BCUT2D eigenvalue weighted by molar-refractivity contribution is -0.123. The Morgan fingerprint density at radius 2 is 1.86 bits per heavy atom. The van der Waals surface area contributed by atoms with Crippen molar-refractivity contribution in [2.75, 3.05) is 27.2 Å². The maximum atomic E-state index is 12.1. The fraction of sp³-hybridized carbons (Fsp3) is 0.421. The van der Waals surface area contributed by atoms with Gasteiger partial charge in [-0.2, -0.15) is 0 Å². The molecular weight excluding hydrogens is 544 g/mol. The third-order valence-corrected chi connectivity index (χ3v) is 9.13. The maximum absolute atomic E-state index is 12.1. The largest absolute Gasteiger partial charge is 0.368 e. The molecular formula is C38H50N4O2. The number of likely N-dealkylation sites (N-methyl/N-ethyl adjacent to an activating group) is 2. The van der Waals surface area contributed by atoms with E-state index < -0.39 is 6.04 Å². The van der Waals surface area contributed by atoms with Gasteiger partial charge in [0.2, 0.25) is 5.91 Å². The zero-order valence-corrected chi connectivity index (χ0v) is 26.9. The second-order valence-electron chi connectivity index (χ2n) is 12.2. The number of hydrogen-bond donors (Lipinski definition) is 1. The smallest absolute Gasteiger partial charge is 0.234 e. The van der Waals surface area contributed by atoms with Crippen molar-refractivity contribution >= 4 is 18.3 Å². The van der Waals surface area contributed by atoms with Gasteiger partial charge in [0, 0.05) is 37.6 Å². The lowest BCUT2D eigenvalue weighted by Crippen LogP contribution is -2.42. The molecule has 0 bridgehead atoms. The summed E-state index contributed by atoms with van der Waals surface area (Å²) in [5.41, 5.74) is 13.9. The molecule has 1 fully saturated rings. The van der Waals surface area contributed by atoms with Crippen LogP contribution in [0.3, 0.4) is 0 Å². The van der Waals surface area contributed by atoms with E-state index >= 15 is 0 Å². The molecule has 6 heteroatoms. The fourth-order valence-corrected chi connectivity index (χ4v) is 6.41. The van der Waals surface area contributed by atoms with Crippen LogP contribution in [-0.4, -0.2) is 60.1 Å². The van der Waals surface area contributed by atoms with Gasteiger partial charge in [0.25, 0.3) is 0 Å². The number of nitrogens with zero attached hydrogens (tertiary/aromatic N) is 3. The normalized spacial score (nSPS) is 16.7. The topological polar surface area (TPSA) is 69.9 Å². The Hall–Kier alpha value is -3.74. The van der Waals surface area contributed by atoms with Gasteiger partial charge in [-0.1, -0.05) is 61.5 Å². The number of carbonyl (C=O) groups excluding carboxylic acids is 2. The summed E-state index contributed by atoms with van der Waals surface area (Å²) >= 11 is 0. The van der Waals surface area contributed by atoms with Crippen LogP contribution in [0, 0.1) is 0 Å².